The van der Waals surface area contributed by atoms with Gasteiger partial charge in [-0.05, 0) is 32.9 Å². The van der Waals surface area contributed by atoms with Crippen molar-refractivity contribution in [3.8, 4) is 11.3 Å². The first-order valence-electron chi connectivity index (χ1n) is 7.38. The number of ketones is 1. The van der Waals surface area contributed by atoms with E-state index in [2.05, 4.69) is 11.1 Å². The van der Waals surface area contributed by atoms with E-state index in [1.54, 1.807) is 19.1 Å². The number of benzene rings is 1. The third-order valence-corrected chi connectivity index (χ3v) is 3.08. The summed E-state index contributed by atoms with van der Waals surface area (Å²) in [5, 5.41) is 9.05. The minimum absolute atomic E-state index is 0. The molecule has 3 aromatic rings. The van der Waals surface area contributed by atoms with Gasteiger partial charge in [0.05, 0.1) is 5.76 Å². The second-order valence-corrected chi connectivity index (χ2v) is 5.37. The van der Waals surface area contributed by atoms with Crippen molar-refractivity contribution < 1.29 is 43.2 Å². The van der Waals surface area contributed by atoms with Gasteiger partial charge in [0.2, 0.25) is 0 Å². The average Bonchev–Trinajstić information content (AvgIpc) is 2.87. The molecule has 0 atom stereocenters. The largest absolute Gasteiger partial charge is 0.512 e. The molecule has 3 rings (SSSR count). The normalized spacial score (nSPS) is 10.7. The van der Waals surface area contributed by atoms with Crippen LogP contribution < -0.4 is 0 Å². The van der Waals surface area contributed by atoms with Crippen LogP contribution in [-0.2, 0) is 24.9 Å². The zero-order valence-electron chi connectivity index (χ0n) is 14.3. The van der Waals surface area contributed by atoms with Crippen LogP contribution in [0.3, 0.4) is 0 Å². The smallest absolute Gasteiger partial charge is 0.155 e. The fourth-order valence-corrected chi connectivity index (χ4v) is 2.21. The van der Waals surface area contributed by atoms with Crippen LogP contribution >= 0.6 is 0 Å². The number of carbonyl (C=O) groups excluding carboxylic acids is 1. The third kappa shape index (κ3) is 5.58. The van der Waals surface area contributed by atoms with Gasteiger partial charge in [0.15, 0.2) is 5.78 Å². The number of allylic oxidation sites excluding steroid dienone is 2. The summed E-state index contributed by atoms with van der Waals surface area (Å²) in [4.78, 5) is 14.1. The van der Waals surface area contributed by atoms with Crippen molar-refractivity contribution in [1.29, 1.82) is 0 Å². The number of rotatable bonds is 2. The summed E-state index contributed by atoms with van der Waals surface area (Å²) < 4.78 is 32.0. The maximum atomic E-state index is 13.7. The van der Waals surface area contributed by atoms with Gasteiger partial charge in [0, 0.05) is 55.1 Å². The molecule has 26 heavy (non-hydrogen) atoms. The molecule has 0 fully saturated rings. The molecule has 0 aliphatic rings. The van der Waals surface area contributed by atoms with Crippen LogP contribution in [-0.4, -0.2) is 15.9 Å². The Kier molecular flexibility index (Phi) is 7.80. The van der Waals surface area contributed by atoms with E-state index in [9.17, 15) is 13.6 Å². The molecule has 0 unspecified atom stereocenters. The summed E-state index contributed by atoms with van der Waals surface area (Å²) in [6.45, 7) is 4.65. The fraction of sp³-hybridized carbons (Fsp3) is 0.158. The molecule has 4 nitrogen and oxygen atoms in total. The molecule has 0 aliphatic carbocycles. The number of aromatic nitrogens is 1. The number of halogens is 2. The molecule has 1 aromatic carbocycles. The quantitative estimate of drug-likeness (QED) is 0.287. The minimum Gasteiger partial charge on any atom is -0.512 e. The van der Waals surface area contributed by atoms with Crippen molar-refractivity contribution in [2.24, 2.45) is 0 Å². The number of aryl methyl sites for hydroxylation is 1. The van der Waals surface area contributed by atoms with Gasteiger partial charge in [0.1, 0.15) is 11.3 Å². The maximum Gasteiger partial charge on any atom is 0.155 e. The number of hydrogen-bond donors (Lipinski definition) is 1. The Morgan fingerprint density at radius 2 is 2.00 bits per heavy atom. The Bertz CT molecular complexity index is 947. The molecule has 0 saturated heterocycles. The van der Waals surface area contributed by atoms with Crippen molar-refractivity contribution in [2.45, 2.75) is 20.8 Å². The molecule has 2 aromatic heterocycles. The zero-order chi connectivity index (χ0) is 18.6. The van der Waals surface area contributed by atoms with E-state index in [0.717, 1.165) is 12.1 Å². The van der Waals surface area contributed by atoms with E-state index in [0.29, 0.717) is 22.4 Å². The number of carbonyl (C=O) groups is 1. The molecular formula is C19H16F2IrNO3-. The first-order chi connectivity index (χ1) is 11.8. The van der Waals surface area contributed by atoms with Gasteiger partial charge in [-0.3, -0.25) is 13.6 Å². The zero-order valence-corrected chi connectivity index (χ0v) is 16.7. The Labute approximate surface area is 162 Å². The summed E-state index contributed by atoms with van der Waals surface area (Å²) >= 11 is 0. The molecule has 0 aliphatic heterocycles. The molecule has 0 amide bonds. The standard InChI is InChI=1S/C14H8F2NO.C5H8O2.Ir/c1-8-6-11-13(18-8)4-5-17-14(11)10-3-2-9(15)7-12(10)16;1-4(6)3-5(2)7;/h2,4-7H,1H3;3,6H,1-2H3;/q-1;;. The predicted octanol–water partition coefficient (Wildman–Crippen LogP) is 4.92. The van der Waals surface area contributed by atoms with Crippen LogP contribution in [0, 0.1) is 24.6 Å². The SMILES string of the molecule is CC(=O)C=C(C)O.Cc1cc2c(-c3[c-]cc(F)cc3F)nccc2o1.[Ir]. The van der Waals surface area contributed by atoms with Crippen LogP contribution in [0.1, 0.15) is 19.6 Å². The van der Waals surface area contributed by atoms with Crippen LogP contribution in [0.25, 0.3) is 22.2 Å². The van der Waals surface area contributed by atoms with E-state index < -0.39 is 11.6 Å². The number of fused-ring (bicyclic) bond motifs is 1. The minimum atomic E-state index is -0.686. The van der Waals surface area contributed by atoms with Crippen molar-refractivity contribution in [1.82, 2.24) is 4.98 Å². The first-order valence-corrected chi connectivity index (χ1v) is 7.38. The second kappa shape index (κ2) is 9.36. The molecule has 7 heteroatoms. The third-order valence-electron chi connectivity index (χ3n) is 3.08. The molecule has 139 valence electrons. The van der Waals surface area contributed by atoms with E-state index in [1.807, 2.05) is 0 Å². The Morgan fingerprint density at radius 1 is 1.31 bits per heavy atom. The number of aliphatic hydroxyl groups is 1. The Hall–Kier alpha value is -2.37. The summed E-state index contributed by atoms with van der Waals surface area (Å²) in [6, 6.07) is 7.95. The topological polar surface area (TPSA) is 63.3 Å². The first kappa shape index (κ1) is 21.7. The van der Waals surface area contributed by atoms with Gasteiger partial charge in [-0.1, -0.05) is 11.6 Å². The van der Waals surface area contributed by atoms with Gasteiger partial charge in [0.25, 0.3) is 0 Å². The summed E-state index contributed by atoms with van der Waals surface area (Å²) in [6.07, 6.45) is 2.69. The summed E-state index contributed by atoms with van der Waals surface area (Å²) in [7, 11) is 0. The van der Waals surface area contributed by atoms with Crippen molar-refractivity contribution in [3.05, 3.63) is 65.8 Å². The van der Waals surface area contributed by atoms with Gasteiger partial charge in [-0.25, -0.2) is 0 Å². The average molecular weight is 537 g/mol. The number of aliphatic hydroxyl groups excluding tert-OH is 1. The van der Waals surface area contributed by atoms with Crippen LogP contribution in [0.5, 0.6) is 0 Å². The van der Waals surface area contributed by atoms with Crippen molar-refractivity contribution >= 4 is 16.8 Å². The Morgan fingerprint density at radius 3 is 2.54 bits per heavy atom. The van der Waals surface area contributed by atoms with Crippen LogP contribution in [0.2, 0.25) is 0 Å². The van der Waals surface area contributed by atoms with Crippen molar-refractivity contribution in [3.63, 3.8) is 0 Å². The van der Waals surface area contributed by atoms with E-state index in [-0.39, 0.29) is 37.2 Å². The van der Waals surface area contributed by atoms with E-state index in [1.165, 1.54) is 26.1 Å². The monoisotopic (exact) mass is 537 g/mol. The molecule has 0 spiro atoms. The van der Waals surface area contributed by atoms with E-state index >= 15 is 0 Å². The van der Waals surface area contributed by atoms with Gasteiger partial charge < -0.3 is 14.5 Å². The predicted molar refractivity (Wildman–Crippen MR) is 90.0 cm³/mol. The van der Waals surface area contributed by atoms with E-state index in [4.69, 9.17) is 9.52 Å². The van der Waals surface area contributed by atoms with Gasteiger partial charge in [-0.2, -0.15) is 0 Å². The molecule has 1 radical (unpaired) electrons. The number of hydrogen-bond acceptors (Lipinski definition) is 4. The molecule has 1 N–H and O–H groups in total. The van der Waals surface area contributed by atoms with Crippen LogP contribution in [0.15, 0.2) is 46.7 Å². The molecule has 2 heterocycles. The van der Waals surface area contributed by atoms with Crippen LogP contribution in [0.4, 0.5) is 8.78 Å². The second-order valence-electron chi connectivity index (χ2n) is 5.37. The Balaban J connectivity index is 0.000000366. The van der Waals surface area contributed by atoms with Gasteiger partial charge >= 0.3 is 0 Å². The fourth-order valence-electron chi connectivity index (χ4n) is 2.21. The number of furan rings is 1. The van der Waals surface area contributed by atoms with Crippen molar-refractivity contribution in [2.75, 3.05) is 0 Å². The molecular weight excluding hydrogens is 520 g/mol. The summed E-state index contributed by atoms with van der Waals surface area (Å²) in [5.41, 5.74) is 1.17. The maximum absolute atomic E-state index is 13.7. The van der Waals surface area contributed by atoms with Gasteiger partial charge in [-0.15, -0.1) is 12.1 Å². The summed E-state index contributed by atoms with van der Waals surface area (Å²) in [5.74, 6) is -0.699. The number of pyridine rings is 1. The molecule has 0 bridgehead atoms. The number of nitrogens with zero attached hydrogens (tertiary/aromatic N) is 1. The molecule has 0 saturated carbocycles.